The molecule has 15 nitrogen and oxygen atoms in total. The van der Waals surface area contributed by atoms with Gasteiger partial charge < -0.3 is 61.8 Å². The molecular formula is C32H39N5O10. The van der Waals surface area contributed by atoms with E-state index >= 15 is 0 Å². The van der Waals surface area contributed by atoms with Crippen LogP contribution in [0.4, 0.5) is 0 Å². The van der Waals surface area contributed by atoms with E-state index in [1.807, 2.05) is 6.08 Å². The van der Waals surface area contributed by atoms with Crippen LogP contribution in [-0.4, -0.2) is 101 Å². The fourth-order valence-corrected chi connectivity index (χ4v) is 6.07. The number of phenolic OH excluding ortho intramolecular Hbond substituents is 1. The van der Waals surface area contributed by atoms with Gasteiger partial charge in [0.05, 0.1) is 30.7 Å². The molecule has 252 valence electrons. The van der Waals surface area contributed by atoms with E-state index in [0.717, 1.165) is 5.57 Å². The van der Waals surface area contributed by atoms with Crippen molar-refractivity contribution in [3.05, 3.63) is 75.1 Å². The Bertz CT molecular complexity index is 1680. The van der Waals surface area contributed by atoms with Gasteiger partial charge >= 0.3 is 0 Å². The molecule has 0 amide bonds. The first-order valence-electron chi connectivity index (χ1n) is 14.9. The third-order valence-corrected chi connectivity index (χ3v) is 8.78. The van der Waals surface area contributed by atoms with Crippen molar-refractivity contribution in [3.8, 4) is 17.2 Å². The van der Waals surface area contributed by atoms with Gasteiger partial charge in [0.1, 0.15) is 41.2 Å². The molecule has 1 aliphatic carbocycles. The van der Waals surface area contributed by atoms with Crippen LogP contribution < -0.4 is 31.6 Å². The molecule has 5 rings (SSSR count). The maximum atomic E-state index is 14.1. The van der Waals surface area contributed by atoms with Gasteiger partial charge in [0.2, 0.25) is 12.1 Å². The number of fused-ring (bicyclic) bond motifs is 2. The molecule has 2 aromatic rings. The first-order valence-corrected chi connectivity index (χ1v) is 14.9. The highest BCUT2D eigenvalue weighted by molar-refractivity contribution is 6.30. The highest BCUT2D eigenvalue weighted by Crippen LogP contribution is 2.43. The highest BCUT2D eigenvalue weighted by atomic mass is 16.7. The number of rotatable bonds is 9. The van der Waals surface area contributed by atoms with E-state index in [0.29, 0.717) is 23.5 Å². The molecule has 1 fully saturated rings. The van der Waals surface area contributed by atoms with Crippen LogP contribution >= 0.6 is 0 Å². The maximum Gasteiger partial charge on any atom is 0.229 e. The van der Waals surface area contributed by atoms with Crippen molar-refractivity contribution >= 4 is 17.5 Å². The predicted octanol–water partition coefficient (Wildman–Crippen LogP) is -0.822. The number of aliphatic hydroxyl groups is 4. The Morgan fingerprint density at radius 2 is 1.91 bits per heavy atom. The van der Waals surface area contributed by atoms with E-state index in [4.69, 9.17) is 25.7 Å². The van der Waals surface area contributed by atoms with Crippen molar-refractivity contribution in [2.75, 3.05) is 27.3 Å². The van der Waals surface area contributed by atoms with Crippen molar-refractivity contribution < 1.29 is 49.3 Å². The largest absolute Gasteiger partial charge is 0.507 e. The minimum absolute atomic E-state index is 0.0116. The van der Waals surface area contributed by atoms with Crippen molar-refractivity contribution in [3.63, 3.8) is 0 Å². The number of aryl methyl sites for hydroxylation is 1. The second kappa shape index (κ2) is 13.2. The number of benzene rings is 2. The molecule has 47 heavy (non-hydrogen) atoms. The number of hydrogen-bond donors (Lipinski definition) is 9. The fourth-order valence-electron chi connectivity index (χ4n) is 6.07. The Morgan fingerprint density at radius 3 is 2.57 bits per heavy atom. The van der Waals surface area contributed by atoms with Crippen LogP contribution in [0, 0.1) is 6.92 Å². The van der Waals surface area contributed by atoms with Gasteiger partial charge in [-0.25, -0.2) is 0 Å². The van der Waals surface area contributed by atoms with E-state index in [9.17, 15) is 35.1 Å². The molecule has 0 aromatic heterocycles. The lowest BCUT2D eigenvalue weighted by Crippen LogP contribution is -2.67. The molecule has 2 aliphatic heterocycles. The lowest BCUT2D eigenvalue weighted by Gasteiger charge is -2.48. The van der Waals surface area contributed by atoms with Gasteiger partial charge in [0.15, 0.2) is 11.7 Å². The second-order valence-corrected chi connectivity index (χ2v) is 11.6. The summed E-state index contributed by atoms with van der Waals surface area (Å²) in [7, 11) is 2.82. The number of aliphatic hydroxyl groups excluding tert-OH is 3. The number of allylic oxidation sites excluding steroid dienone is 2. The van der Waals surface area contributed by atoms with E-state index in [2.05, 4.69) is 15.6 Å². The van der Waals surface area contributed by atoms with E-state index < -0.39 is 54.1 Å². The molecule has 0 bridgehead atoms. The number of dihydropyridines is 1. The van der Waals surface area contributed by atoms with Crippen LogP contribution in [0.5, 0.6) is 17.2 Å². The Balaban J connectivity index is 1.48. The van der Waals surface area contributed by atoms with Gasteiger partial charge in [-0.3, -0.25) is 14.6 Å². The molecule has 0 saturated carbocycles. The summed E-state index contributed by atoms with van der Waals surface area (Å²) in [5.41, 5.74) is 10.4. The van der Waals surface area contributed by atoms with E-state index in [-0.39, 0.29) is 59.1 Å². The van der Waals surface area contributed by atoms with Crippen molar-refractivity contribution in [1.29, 1.82) is 0 Å². The van der Waals surface area contributed by atoms with Crippen molar-refractivity contribution in [1.82, 2.24) is 10.6 Å². The first kappa shape index (κ1) is 33.7. The summed E-state index contributed by atoms with van der Waals surface area (Å²) >= 11 is 0. The minimum atomic E-state index is -2.10. The predicted molar refractivity (Wildman–Crippen MR) is 168 cm³/mol. The summed E-state index contributed by atoms with van der Waals surface area (Å²) in [4.78, 5) is 31.7. The molecule has 3 aliphatic rings. The summed E-state index contributed by atoms with van der Waals surface area (Å²) in [6, 6.07) is 4.14. The van der Waals surface area contributed by atoms with Crippen LogP contribution in [0.15, 0.2) is 46.7 Å². The standard InChI is InChI=1S/C32H39N5O10/c1-14-8-17-24(26(40)19(14)12-37-31(34)35-2)27(41)23-18(25(17)39)10-16(45-3)11-20(23)46-30-28(42)29(43)32(44,21(13-38)47-30)6-4-15-5-7-36-22(33)9-15/h5,8-11,21,28-30,36,38,40,42-44H,4,6-7,12-13,33H2,1-3H3,(H3,34,35,37)/t21-,28-,29-,30-,32-/m1/s1. The molecule has 0 radical (unpaired) electrons. The molecule has 15 heteroatoms. The third-order valence-electron chi connectivity index (χ3n) is 8.78. The number of ketones is 2. The number of carbonyl (C=O) groups is 2. The van der Waals surface area contributed by atoms with Crippen LogP contribution in [0.1, 0.15) is 55.8 Å². The van der Waals surface area contributed by atoms with Gasteiger partial charge in [-0.15, -0.1) is 0 Å². The van der Waals surface area contributed by atoms with Crippen LogP contribution in [0.3, 0.4) is 0 Å². The number of nitrogens with two attached hydrogens (primary N) is 2. The number of aromatic hydroxyl groups is 1. The molecule has 2 heterocycles. The van der Waals surface area contributed by atoms with Gasteiger partial charge in [-0.05, 0) is 49.1 Å². The van der Waals surface area contributed by atoms with E-state index in [1.165, 1.54) is 32.4 Å². The molecule has 0 spiro atoms. The Morgan fingerprint density at radius 1 is 1.19 bits per heavy atom. The zero-order valence-electron chi connectivity index (χ0n) is 26.1. The number of nitrogens with zero attached hydrogens (tertiary/aromatic N) is 1. The van der Waals surface area contributed by atoms with Crippen molar-refractivity contribution in [2.45, 2.75) is 56.5 Å². The number of phenols is 1. The van der Waals surface area contributed by atoms with Crippen LogP contribution in [-0.2, 0) is 11.3 Å². The van der Waals surface area contributed by atoms with Gasteiger partial charge in [-0.1, -0.05) is 6.08 Å². The average Bonchev–Trinajstić information content (AvgIpc) is 3.05. The maximum absolute atomic E-state index is 14.1. The smallest absolute Gasteiger partial charge is 0.229 e. The van der Waals surface area contributed by atoms with Crippen molar-refractivity contribution in [2.24, 2.45) is 16.5 Å². The Kier molecular flexibility index (Phi) is 9.47. The number of carbonyl (C=O) groups excluding carboxylic acids is 2. The quantitative estimate of drug-likeness (QED) is 0.101. The topological polar surface area (TPSA) is 251 Å². The second-order valence-electron chi connectivity index (χ2n) is 11.6. The average molecular weight is 654 g/mol. The number of aliphatic imine (C=N–C) groups is 1. The molecule has 1 saturated heterocycles. The van der Waals surface area contributed by atoms with Gasteiger partial charge in [0.25, 0.3) is 0 Å². The van der Waals surface area contributed by atoms with E-state index in [1.54, 1.807) is 13.0 Å². The minimum Gasteiger partial charge on any atom is -0.507 e. The number of hydrogen-bond acceptors (Lipinski definition) is 13. The monoisotopic (exact) mass is 653 g/mol. The summed E-state index contributed by atoms with van der Waals surface area (Å²) in [5.74, 6) is -1.38. The molecular weight excluding hydrogens is 614 g/mol. The van der Waals surface area contributed by atoms with Crippen LogP contribution in [0.25, 0.3) is 0 Å². The lowest BCUT2D eigenvalue weighted by molar-refractivity contribution is -0.314. The number of methoxy groups -OCH3 is 1. The summed E-state index contributed by atoms with van der Waals surface area (Å²) in [6.45, 7) is 1.41. The Hall–Kier alpha value is -4.67. The molecule has 0 unspecified atom stereocenters. The van der Waals surface area contributed by atoms with Gasteiger partial charge in [0, 0.05) is 42.9 Å². The van der Waals surface area contributed by atoms with Crippen LogP contribution in [0.2, 0.25) is 0 Å². The summed E-state index contributed by atoms with van der Waals surface area (Å²) < 4.78 is 17.1. The summed E-state index contributed by atoms with van der Waals surface area (Å²) in [5, 5.41) is 60.9. The number of guanidine groups is 1. The summed E-state index contributed by atoms with van der Waals surface area (Å²) in [6.07, 6.45) is -3.20. The number of ether oxygens (including phenoxy) is 3. The van der Waals surface area contributed by atoms with Gasteiger partial charge in [-0.2, -0.15) is 0 Å². The molecule has 5 atom stereocenters. The SMILES string of the molecule is CN=C(N)NCc1c(C)cc2c(c1O)C(=O)c1c(O[C@@H]3O[C@H](CO)[C@](O)(CCC4=CCNC(N)=C4)[C@H](O)[C@H]3O)cc(OC)cc1C2=O. The first-order chi connectivity index (χ1) is 22.3. The normalized spacial score (nSPS) is 25.6. The number of nitrogens with one attached hydrogen (secondary N) is 2. The Labute approximate surface area is 270 Å². The molecule has 11 N–H and O–H groups in total. The zero-order chi connectivity index (χ0) is 34.2. The lowest BCUT2D eigenvalue weighted by atomic mass is 9.79. The zero-order valence-corrected chi connectivity index (χ0v) is 26.1. The highest BCUT2D eigenvalue weighted by Gasteiger charge is 2.55. The third kappa shape index (κ3) is 6.11. The fraction of sp³-hybridized carbons (Fsp3) is 0.406. The molecule has 2 aromatic carbocycles.